The van der Waals surface area contributed by atoms with E-state index >= 15 is 0 Å². The summed E-state index contributed by atoms with van der Waals surface area (Å²) in [5.74, 6) is 0.0770. The summed E-state index contributed by atoms with van der Waals surface area (Å²) in [5.41, 5.74) is 4.48. The van der Waals surface area contributed by atoms with Crippen molar-refractivity contribution >= 4 is 40.1 Å². The number of nitrogens with one attached hydrogen (secondary N) is 3. The number of ether oxygens (including phenoxy) is 5. The molecule has 0 bridgehead atoms. The van der Waals surface area contributed by atoms with Crippen molar-refractivity contribution in [3.63, 3.8) is 0 Å². The summed E-state index contributed by atoms with van der Waals surface area (Å²) < 4.78 is 26.9. The predicted octanol–water partition coefficient (Wildman–Crippen LogP) is 2.52. The van der Waals surface area contributed by atoms with Crippen LogP contribution in [0.5, 0.6) is 17.2 Å². The van der Waals surface area contributed by atoms with Crippen molar-refractivity contribution in [3.8, 4) is 17.2 Å². The van der Waals surface area contributed by atoms with Crippen LogP contribution in [-0.4, -0.2) is 69.6 Å². The maximum atomic E-state index is 12.4. The number of aliphatic hydroxyl groups is 1. The lowest BCUT2D eigenvalue weighted by molar-refractivity contribution is -0.143. The van der Waals surface area contributed by atoms with Gasteiger partial charge in [0.25, 0.3) is 0 Å². The molecule has 2 atom stereocenters. The van der Waals surface area contributed by atoms with Gasteiger partial charge in [-0.15, -0.1) is 0 Å². The summed E-state index contributed by atoms with van der Waals surface area (Å²) in [7, 11) is 2.54. The Labute approximate surface area is 244 Å². The number of benzene rings is 2. The number of methoxy groups -OCH3 is 2. The summed E-state index contributed by atoms with van der Waals surface area (Å²) in [4.78, 5) is 35.7. The molecule has 2 aromatic rings. The fraction of sp³-hybridized carbons (Fsp3) is 0.333. The number of amides is 2. The standard InChI is InChI=1S/C27H31BrN4O9/c1-5-39-21-11-17(25-24(26(35)38-4)15(2)30-27(36)31-25)7-9-20(21)40-13-22(33)32-29-12-16-6-8-19(18(28)10-16)41-14-23(34)37-3/h6-12,22,25,32-33H,5,13-14H2,1-4H3,(H2,30,31,36)/b29-12-/t22-,25-/m1/s1. The third kappa shape index (κ3) is 8.59. The number of halogens is 1. The summed E-state index contributed by atoms with van der Waals surface area (Å²) in [6, 6.07) is 8.84. The summed E-state index contributed by atoms with van der Waals surface area (Å²) in [6.45, 7) is 3.35. The normalized spacial score (nSPS) is 15.5. The number of hydrazone groups is 1. The van der Waals surface area contributed by atoms with E-state index in [0.717, 1.165) is 0 Å². The van der Waals surface area contributed by atoms with Crippen LogP contribution in [0.2, 0.25) is 0 Å². The maximum Gasteiger partial charge on any atom is 0.343 e. The Balaban J connectivity index is 1.63. The highest BCUT2D eigenvalue weighted by Gasteiger charge is 2.32. The van der Waals surface area contributed by atoms with Crippen LogP contribution in [0.25, 0.3) is 0 Å². The molecule has 0 unspecified atom stereocenters. The molecule has 1 heterocycles. The van der Waals surface area contributed by atoms with Gasteiger partial charge in [-0.2, -0.15) is 5.10 Å². The first kappa shape index (κ1) is 31.2. The lowest BCUT2D eigenvalue weighted by Crippen LogP contribution is -2.45. The van der Waals surface area contributed by atoms with Crippen LogP contribution in [0.3, 0.4) is 0 Å². The third-order valence-corrected chi connectivity index (χ3v) is 6.26. The van der Waals surface area contributed by atoms with Crippen molar-refractivity contribution in [1.82, 2.24) is 16.1 Å². The fourth-order valence-electron chi connectivity index (χ4n) is 3.73. The highest BCUT2D eigenvalue weighted by Crippen LogP contribution is 2.35. The lowest BCUT2D eigenvalue weighted by atomic mass is 9.95. The van der Waals surface area contributed by atoms with Crippen molar-refractivity contribution in [1.29, 1.82) is 0 Å². The van der Waals surface area contributed by atoms with Crippen molar-refractivity contribution < 1.29 is 43.2 Å². The van der Waals surface area contributed by atoms with Crippen molar-refractivity contribution in [2.75, 3.05) is 34.0 Å². The topological polar surface area (TPSA) is 166 Å². The molecule has 0 fully saturated rings. The Bertz CT molecular complexity index is 1330. The van der Waals surface area contributed by atoms with Gasteiger partial charge in [-0.1, -0.05) is 6.07 Å². The first-order valence-corrected chi connectivity index (χ1v) is 13.2. The van der Waals surface area contributed by atoms with E-state index in [1.807, 2.05) is 0 Å². The van der Waals surface area contributed by atoms with Crippen molar-refractivity contribution in [2.45, 2.75) is 26.1 Å². The minimum absolute atomic E-state index is 0.169. The molecule has 41 heavy (non-hydrogen) atoms. The van der Waals surface area contributed by atoms with Gasteiger partial charge in [-0.05, 0) is 71.2 Å². The number of carbonyl (C=O) groups excluding carboxylic acids is 3. The zero-order valence-electron chi connectivity index (χ0n) is 22.9. The van der Waals surface area contributed by atoms with Crippen LogP contribution in [-0.2, 0) is 19.1 Å². The molecule has 14 heteroatoms. The average Bonchev–Trinajstić information content (AvgIpc) is 2.95. The van der Waals surface area contributed by atoms with Crippen molar-refractivity contribution in [3.05, 3.63) is 63.3 Å². The van der Waals surface area contributed by atoms with Gasteiger partial charge in [0.05, 0.1) is 43.1 Å². The smallest absolute Gasteiger partial charge is 0.343 e. The number of hydrogen-bond acceptors (Lipinski definition) is 11. The molecule has 1 aliphatic rings. The van der Waals surface area contributed by atoms with E-state index in [1.165, 1.54) is 20.4 Å². The van der Waals surface area contributed by atoms with Crippen LogP contribution >= 0.6 is 15.9 Å². The maximum absolute atomic E-state index is 12.4. The molecule has 0 aliphatic carbocycles. The van der Waals surface area contributed by atoms with Crippen molar-refractivity contribution in [2.24, 2.45) is 5.10 Å². The molecular formula is C27H31BrN4O9. The Hall–Kier alpha value is -4.30. The largest absolute Gasteiger partial charge is 0.490 e. The second kappa shape index (κ2) is 14.9. The first-order chi connectivity index (χ1) is 19.7. The van der Waals surface area contributed by atoms with Crippen LogP contribution < -0.4 is 30.3 Å². The predicted molar refractivity (Wildman–Crippen MR) is 151 cm³/mol. The van der Waals surface area contributed by atoms with E-state index in [-0.39, 0.29) is 18.8 Å². The third-order valence-electron chi connectivity index (χ3n) is 5.64. The Morgan fingerprint density at radius 2 is 1.85 bits per heavy atom. The quantitative estimate of drug-likeness (QED) is 0.111. The van der Waals surface area contributed by atoms with Gasteiger partial charge >= 0.3 is 18.0 Å². The molecule has 13 nitrogen and oxygen atoms in total. The highest BCUT2D eigenvalue weighted by atomic mass is 79.9. The highest BCUT2D eigenvalue weighted by molar-refractivity contribution is 9.10. The molecule has 4 N–H and O–H groups in total. The van der Waals surface area contributed by atoms with Gasteiger partial charge in [-0.25, -0.2) is 14.4 Å². The van der Waals surface area contributed by atoms with E-state index in [9.17, 15) is 19.5 Å². The number of rotatable bonds is 13. The zero-order chi connectivity index (χ0) is 29.9. The lowest BCUT2D eigenvalue weighted by Gasteiger charge is -2.28. The minimum atomic E-state index is -1.16. The van der Waals surface area contributed by atoms with Gasteiger partial charge in [-0.3, -0.25) is 5.43 Å². The molecule has 0 saturated carbocycles. The molecule has 2 aromatic carbocycles. The average molecular weight is 635 g/mol. The van der Waals surface area contributed by atoms with Gasteiger partial charge in [0, 0.05) is 5.70 Å². The van der Waals surface area contributed by atoms with Gasteiger partial charge in [0.15, 0.2) is 24.3 Å². The number of carbonyl (C=O) groups is 3. The molecule has 0 aromatic heterocycles. The van der Waals surface area contributed by atoms with E-state index in [4.69, 9.17) is 18.9 Å². The minimum Gasteiger partial charge on any atom is -0.490 e. The van der Waals surface area contributed by atoms with Gasteiger partial charge in [0.2, 0.25) is 0 Å². The summed E-state index contributed by atoms with van der Waals surface area (Å²) >= 11 is 3.37. The number of urea groups is 1. The van der Waals surface area contributed by atoms with E-state index in [0.29, 0.717) is 45.2 Å². The second-order valence-corrected chi connectivity index (χ2v) is 9.32. The van der Waals surface area contributed by atoms with Gasteiger partial charge in [0.1, 0.15) is 12.4 Å². The number of nitrogens with zero attached hydrogens (tertiary/aromatic N) is 1. The van der Waals surface area contributed by atoms with Crippen LogP contribution in [0, 0.1) is 0 Å². The van der Waals surface area contributed by atoms with E-state index < -0.39 is 30.2 Å². The molecule has 220 valence electrons. The van der Waals surface area contributed by atoms with E-state index in [2.05, 4.69) is 41.8 Å². The summed E-state index contributed by atoms with van der Waals surface area (Å²) in [6.07, 6.45) is 0.326. The molecule has 1 aliphatic heterocycles. The number of allylic oxidation sites excluding steroid dienone is 1. The zero-order valence-corrected chi connectivity index (χ0v) is 24.4. The van der Waals surface area contributed by atoms with Crippen LogP contribution in [0.1, 0.15) is 31.0 Å². The van der Waals surface area contributed by atoms with Crippen LogP contribution in [0.15, 0.2) is 57.2 Å². The Morgan fingerprint density at radius 1 is 1.10 bits per heavy atom. The number of esters is 2. The second-order valence-electron chi connectivity index (χ2n) is 8.47. The molecule has 0 spiro atoms. The Morgan fingerprint density at radius 3 is 2.54 bits per heavy atom. The first-order valence-electron chi connectivity index (χ1n) is 12.4. The summed E-state index contributed by atoms with van der Waals surface area (Å²) in [5, 5.41) is 19.6. The molecule has 2 amide bonds. The molecular weight excluding hydrogens is 604 g/mol. The SMILES string of the molecule is CCOc1cc([C@H]2NC(=O)NC(C)=C2C(=O)OC)ccc1OC[C@@H](O)N/N=C\c1ccc(OCC(=O)OC)c(Br)c1. The number of aliphatic hydroxyl groups excluding tert-OH is 1. The molecule has 0 saturated heterocycles. The fourth-order valence-corrected chi connectivity index (χ4v) is 4.24. The number of hydrogen-bond donors (Lipinski definition) is 4. The molecule has 0 radical (unpaired) electrons. The Kier molecular flexibility index (Phi) is 11.4. The van der Waals surface area contributed by atoms with E-state index in [1.54, 1.807) is 50.2 Å². The monoisotopic (exact) mass is 634 g/mol. The van der Waals surface area contributed by atoms with Gasteiger partial charge < -0.3 is 39.4 Å². The molecule has 3 rings (SSSR count). The van der Waals surface area contributed by atoms with Crippen LogP contribution in [0.4, 0.5) is 4.79 Å².